The summed E-state index contributed by atoms with van der Waals surface area (Å²) in [4.78, 5) is 68.9. The zero-order valence-corrected chi connectivity index (χ0v) is 11.1. The Kier molecular flexibility index (Phi) is 5.11. The number of carbonyl (C=O) groups excluding carboxylic acids is 1. The number of ketones is 1. The molecule has 22 heavy (non-hydrogen) atoms. The summed E-state index contributed by atoms with van der Waals surface area (Å²) in [7, 11) is 1.57. The first kappa shape index (κ1) is 16.6. The molecule has 0 bridgehead atoms. The largest absolute Gasteiger partial charge is 0.475 e. The topological polar surface area (TPSA) is 175 Å². The number of hydrogen-bond acceptors (Lipinski definition) is 6. The van der Waals surface area contributed by atoms with Gasteiger partial charge in [-0.15, -0.1) is 0 Å². The van der Waals surface area contributed by atoms with Gasteiger partial charge < -0.3 is 14.7 Å². The second-order valence-corrected chi connectivity index (χ2v) is 3.84. The summed E-state index contributed by atoms with van der Waals surface area (Å²) in [5.41, 5.74) is -3.17. The Morgan fingerprint density at radius 2 is 1.77 bits per heavy atom. The molecule has 0 amide bonds. The lowest BCUT2D eigenvalue weighted by Gasteiger charge is -1.91. The number of aryl methyl sites for hydroxylation is 1. The first-order valence-corrected chi connectivity index (χ1v) is 5.58. The van der Waals surface area contributed by atoms with Crippen LogP contribution in [0.25, 0.3) is 0 Å². The van der Waals surface area contributed by atoms with Crippen LogP contribution in [0, 0.1) is 0 Å². The fourth-order valence-electron chi connectivity index (χ4n) is 1.18. The molecular formula is C11H10N4O7. The van der Waals surface area contributed by atoms with E-state index in [0.29, 0.717) is 0 Å². The molecule has 0 aliphatic heterocycles. The quantitative estimate of drug-likeness (QED) is 0.347. The minimum absolute atomic E-state index is 0.363. The SMILES string of the molecule is Cn1ccc(=O)[nH]c1=O.O=C(O)C(=O)c1c[nH]c(=O)[nH]c1=O. The lowest BCUT2D eigenvalue weighted by atomic mass is 10.2. The smallest absolute Gasteiger partial charge is 0.377 e. The van der Waals surface area contributed by atoms with Crippen molar-refractivity contribution in [3.05, 3.63) is 65.7 Å². The standard InChI is InChI=1S/C6H4N2O5.C5H6N2O2/c9-3(5(11)12)2-1-7-6(13)8-4(2)10;1-7-3-2-4(8)6-5(7)9/h1H,(H,11,12)(H2,7,8,10,13);2-3H,1H3,(H,6,8,9). The highest BCUT2D eigenvalue weighted by Gasteiger charge is 2.18. The first-order valence-electron chi connectivity index (χ1n) is 5.58. The molecule has 2 heterocycles. The summed E-state index contributed by atoms with van der Waals surface area (Å²) in [6.07, 6.45) is 2.18. The Labute approximate surface area is 119 Å². The predicted molar refractivity (Wildman–Crippen MR) is 72.0 cm³/mol. The van der Waals surface area contributed by atoms with Crippen molar-refractivity contribution in [2.75, 3.05) is 0 Å². The van der Waals surface area contributed by atoms with E-state index in [1.807, 2.05) is 4.98 Å². The van der Waals surface area contributed by atoms with E-state index in [1.54, 1.807) is 12.0 Å². The van der Waals surface area contributed by atoms with Gasteiger partial charge in [0.25, 0.3) is 16.9 Å². The number of Topliss-reactive ketones (excluding diaryl/α,β-unsaturated/α-hetero) is 1. The van der Waals surface area contributed by atoms with Gasteiger partial charge in [-0.1, -0.05) is 0 Å². The highest BCUT2D eigenvalue weighted by atomic mass is 16.4. The molecular weight excluding hydrogens is 300 g/mol. The van der Waals surface area contributed by atoms with Crippen molar-refractivity contribution in [1.82, 2.24) is 19.5 Å². The van der Waals surface area contributed by atoms with Crippen molar-refractivity contribution >= 4 is 11.8 Å². The van der Waals surface area contributed by atoms with E-state index in [4.69, 9.17) is 5.11 Å². The third kappa shape index (κ3) is 4.26. The summed E-state index contributed by atoms with van der Waals surface area (Å²) in [6.45, 7) is 0. The van der Waals surface area contributed by atoms with Gasteiger partial charge in [-0.05, 0) is 0 Å². The number of nitrogens with zero attached hydrogens (tertiary/aromatic N) is 1. The van der Waals surface area contributed by atoms with E-state index in [9.17, 15) is 28.8 Å². The summed E-state index contributed by atoms with van der Waals surface area (Å²) in [5, 5.41) is 8.23. The van der Waals surface area contributed by atoms with E-state index in [2.05, 4.69) is 4.98 Å². The average molecular weight is 310 g/mol. The van der Waals surface area contributed by atoms with E-state index >= 15 is 0 Å². The van der Waals surface area contributed by atoms with Crippen LogP contribution in [0.2, 0.25) is 0 Å². The number of hydrogen-bond donors (Lipinski definition) is 4. The van der Waals surface area contributed by atoms with Crippen molar-refractivity contribution in [2.24, 2.45) is 7.05 Å². The second-order valence-electron chi connectivity index (χ2n) is 3.84. The van der Waals surface area contributed by atoms with Gasteiger partial charge in [0.1, 0.15) is 5.56 Å². The maximum Gasteiger partial charge on any atom is 0.377 e. The van der Waals surface area contributed by atoms with Crippen LogP contribution in [-0.2, 0) is 11.8 Å². The molecule has 11 nitrogen and oxygen atoms in total. The molecule has 0 unspecified atom stereocenters. The normalized spacial score (nSPS) is 9.50. The molecule has 0 radical (unpaired) electrons. The Morgan fingerprint density at radius 1 is 1.14 bits per heavy atom. The number of aromatic amines is 3. The van der Waals surface area contributed by atoms with Crippen LogP contribution >= 0.6 is 0 Å². The Bertz CT molecular complexity index is 930. The van der Waals surface area contributed by atoms with E-state index in [0.717, 1.165) is 6.20 Å². The molecule has 2 aromatic rings. The van der Waals surface area contributed by atoms with Crippen LogP contribution < -0.4 is 22.5 Å². The Morgan fingerprint density at radius 3 is 2.23 bits per heavy atom. The van der Waals surface area contributed by atoms with Crippen LogP contribution in [0.1, 0.15) is 10.4 Å². The van der Waals surface area contributed by atoms with Gasteiger partial charge in [0.05, 0.1) is 0 Å². The molecule has 116 valence electrons. The van der Waals surface area contributed by atoms with E-state index < -0.39 is 28.6 Å². The zero-order chi connectivity index (χ0) is 16.9. The van der Waals surface area contributed by atoms with Gasteiger partial charge >= 0.3 is 17.3 Å². The van der Waals surface area contributed by atoms with Gasteiger partial charge in [-0.2, -0.15) is 0 Å². The second kappa shape index (κ2) is 6.78. The highest BCUT2D eigenvalue weighted by Crippen LogP contribution is 1.87. The third-order valence-corrected chi connectivity index (χ3v) is 2.26. The van der Waals surface area contributed by atoms with Crippen LogP contribution in [0.5, 0.6) is 0 Å². The minimum atomic E-state index is -1.75. The summed E-state index contributed by atoms with van der Waals surface area (Å²) < 4.78 is 1.29. The molecule has 0 aromatic carbocycles. The van der Waals surface area contributed by atoms with Crippen molar-refractivity contribution in [1.29, 1.82) is 0 Å². The van der Waals surface area contributed by atoms with Gasteiger partial charge in [0.15, 0.2) is 0 Å². The molecule has 2 aromatic heterocycles. The molecule has 0 spiro atoms. The van der Waals surface area contributed by atoms with Gasteiger partial charge in [0.2, 0.25) is 0 Å². The first-order chi connectivity index (χ1) is 10.2. The van der Waals surface area contributed by atoms with Crippen LogP contribution in [0.15, 0.2) is 37.6 Å². The van der Waals surface area contributed by atoms with Crippen LogP contribution in [-0.4, -0.2) is 36.4 Å². The number of aromatic nitrogens is 4. The lowest BCUT2D eigenvalue weighted by Crippen LogP contribution is -2.29. The number of rotatable bonds is 2. The summed E-state index contributed by atoms with van der Waals surface area (Å²) in [6, 6.07) is 1.29. The van der Waals surface area contributed by atoms with Crippen molar-refractivity contribution in [2.45, 2.75) is 0 Å². The number of carboxylic acid groups (broad SMARTS) is 1. The molecule has 0 aliphatic carbocycles. The Hall–Kier alpha value is -3.50. The predicted octanol–water partition coefficient (Wildman–Crippen LogP) is -2.60. The fraction of sp³-hybridized carbons (Fsp3) is 0.0909. The fourth-order valence-corrected chi connectivity index (χ4v) is 1.18. The number of carbonyl (C=O) groups is 2. The molecule has 0 aliphatic rings. The zero-order valence-electron chi connectivity index (χ0n) is 11.1. The Balaban J connectivity index is 0.000000235. The average Bonchev–Trinajstić information content (AvgIpc) is 2.43. The van der Waals surface area contributed by atoms with Crippen molar-refractivity contribution in [3.8, 4) is 0 Å². The van der Waals surface area contributed by atoms with Gasteiger partial charge in [-0.3, -0.25) is 24.4 Å². The molecule has 0 saturated carbocycles. The molecule has 4 N–H and O–H groups in total. The van der Waals surface area contributed by atoms with Crippen LogP contribution in [0.4, 0.5) is 0 Å². The number of carboxylic acids is 1. The molecule has 0 fully saturated rings. The van der Waals surface area contributed by atoms with Crippen LogP contribution in [0.3, 0.4) is 0 Å². The molecule has 0 saturated heterocycles. The van der Waals surface area contributed by atoms with Crippen molar-refractivity contribution in [3.63, 3.8) is 0 Å². The highest BCUT2D eigenvalue weighted by molar-refractivity contribution is 6.39. The summed E-state index contributed by atoms with van der Waals surface area (Å²) >= 11 is 0. The number of H-pyrrole nitrogens is 3. The third-order valence-electron chi connectivity index (χ3n) is 2.26. The number of nitrogens with one attached hydrogen (secondary N) is 3. The monoisotopic (exact) mass is 310 g/mol. The summed E-state index contributed by atoms with van der Waals surface area (Å²) in [5.74, 6) is -3.12. The molecule has 0 atom stereocenters. The van der Waals surface area contributed by atoms with Crippen molar-refractivity contribution < 1.29 is 14.7 Å². The van der Waals surface area contributed by atoms with E-state index in [-0.39, 0.29) is 11.2 Å². The lowest BCUT2D eigenvalue weighted by molar-refractivity contribution is -0.131. The van der Waals surface area contributed by atoms with Gasteiger partial charge in [0, 0.05) is 25.5 Å². The molecule has 11 heteroatoms. The minimum Gasteiger partial charge on any atom is -0.475 e. The van der Waals surface area contributed by atoms with E-state index in [1.165, 1.54) is 16.8 Å². The molecule has 2 rings (SSSR count). The van der Waals surface area contributed by atoms with Gasteiger partial charge in [-0.25, -0.2) is 14.4 Å². The maximum atomic E-state index is 10.8. The maximum absolute atomic E-state index is 10.8. The number of aliphatic carboxylic acids is 1.